The zero-order chi connectivity index (χ0) is 23.7. The number of hydrogen-bond acceptors (Lipinski definition) is 6. The molecule has 1 amide bonds. The molecule has 2 aromatic carbocycles. The minimum Gasteiger partial charge on any atom is -0.462 e. The molecule has 9 heteroatoms. The fraction of sp³-hybridized carbons (Fsp3) is 0.391. The van der Waals surface area contributed by atoms with Crippen molar-refractivity contribution in [1.29, 1.82) is 0 Å². The molecule has 2 aromatic rings. The summed E-state index contributed by atoms with van der Waals surface area (Å²) in [6.07, 6.45) is 0.754. The monoisotopic (exact) mass is 461 g/mol. The van der Waals surface area contributed by atoms with Crippen molar-refractivity contribution in [2.45, 2.75) is 39.0 Å². The van der Waals surface area contributed by atoms with E-state index in [1.165, 1.54) is 10.4 Å². The zero-order valence-corrected chi connectivity index (χ0v) is 19.8. The van der Waals surface area contributed by atoms with Crippen LogP contribution in [0.1, 0.15) is 43.1 Å². The molecule has 2 N–H and O–H groups in total. The highest BCUT2D eigenvalue weighted by molar-refractivity contribution is 7.89. The van der Waals surface area contributed by atoms with E-state index in [4.69, 9.17) is 4.74 Å². The Kier molecular flexibility index (Phi) is 9.22. The summed E-state index contributed by atoms with van der Waals surface area (Å²) >= 11 is 0. The maximum Gasteiger partial charge on any atom is 0.338 e. The van der Waals surface area contributed by atoms with Crippen LogP contribution in [0.4, 0.5) is 11.4 Å². The first kappa shape index (κ1) is 25.4. The summed E-state index contributed by atoms with van der Waals surface area (Å²) in [5.74, 6) is -0.705. The van der Waals surface area contributed by atoms with Crippen molar-refractivity contribution in [3.05, 3.63) is 53.6 Å². The SMILES string of the molecule is CCCOC(=O)c1ccc(NCC(=O)Nc2cc(S(=O)(=O)N(CC)CC)ccc2C)cc1. The molecular weight excluding hydrogens is 430 g/mol. The molecule has 0 aliphatic carbocycles. The summed E-state index contributed by atoms with van der Waals surface area (Å²) in [5.41, 5.74) is 2.31. The maximum absolute atomic E-state index is 12.8. The number of carbonyl (C=O) groups is 2. The van der Waals surface area contributed by atoms with Gasteiger partial charge in [-0.05, 0) is 55.3 Å². The highest BCUT2D eigenvalue weighted by Crippen LogP contribution is 2.23. The van der Waals surface area contributed by atoms with E-state index >= 15 is 0 Å². The fourth-order valence-electron chi connectivity index (χ4n) is 2.99. The first-order chi connectivity index (χ1) is 15.2. The molecule has 0 atom stereocenters. The lowest BCUT2D eigenvalue weighted by atomic mass is 10.2. The molecule has 8 nitrogen and oxygen atoms in total. The van der Waals surface area contributed by atoms with Gasteiger partial charge in [0.15, 0.2) is 0 Å². The van der Waals surface area contributed by atoms with E-state index in [2.05, 4.69) is 10.6 Å². The van der Waals surface area contributed by atoms with Crippen molar-refractivity contribution in [3.8, 4) is 0 Å². The molecule has 0 heterocycles. The lowest BCUT2D eigenvalue weighted by Gasteiger charge is -2.19. The van der Waals surface area contributed by atoms with Crippen LogP contribution >= 0.6 is 0 Å². The van der Waals surface area contributed by atoms with Gasteiger partial charge in [0.2, 0.25) is 15.9 Å². The number of carbonyl (C=O) groups excluding carboxylic acids is 2. The standard InChI is InChI=1S/C23H31N3O5S/c1-5-14-31-23(28)18-9-11-19(12-10-18)24-16-22(27)25-21-15-20(13-8-17(21)4)32(29,30)26(6-2)7-3/h8-13,15,24H,5-7,14,16H2,1-4H3,(H,25,27). The lowest BCUT2D eigenvalue weighted by Crippen LogP contribution is -2.30. The topological polar surface area (TPSA) is 105 Å². The normalized spacial score (nSPS) is 11.3. The van der Waals surface area contributed by atoms with Crippen LogP contribution in [-0.4, -0.2) is 50.8 Å². The molecule has 32 heavy (non-hydrogen) atoms. The van der Waals surface area contributed by atoms with Crippen LogP contribution < -0.4 is 10.6 Å². The molecule has 0 aliphatic rings. The summed E-state index contributed by atoms with van der Waals surface area (Å²) in [6, 6.07) is 11.3. The van der Waals surface area contributed by atoms with Gasteiger partial charge in [-0.3, -0.25) is 4.79 Å². The van der Waals surface area contributed by atoms with Crippen LogP contribution in [0.25, 0.3) is 0 Å². The van der Waals surface area contributed by atoms with Crippen LogP contribution in [0.2, 0.25) is 0 Å². The smallest absolute Gasteiger partial charge is 0.338 e. The van der Waals surface area contributed by atoms with Gasteiger partial charge >= 0.3 is 5.97 Å². The zero-order valence-electron chi connectivity index (χ0n) is 19.0. The van der Waals surface area contributed by atoms with Crippen molar-refractivity contribution >= 4 is 33.3 Å². The van der Waals surface area contributed by atoms with E-state index in [9.17, 15) is 18.0 Å². The third-order valence-electron chi connectivity index (χ3n) is 4.84. The molecule has 0 bridgehead atoms. The number of esters is 1. The fourth-order valence-corrected chi connectivity index (χ4v) is 4.47. The molecule has 0 fully saturated rings. The molecule has 0 spiro atoms. The summed E-state index contributed by atoms with van der Waals surface area (Å²) in [4.78, 5) is 24.4. The van der Waals surface area contributed by atoms with Gasteiger partial charge in [0, 0.05) is 24.5 Å². The van der Waals surface area contributed by atoms with Gasteiger partial charge in [-0.2, -0.15) is 4.31 Å². The number of sulfonamides is 1. The number of nitrogens with zero attached hydrogens (tertiary/aromatic N) is 1. The predicted octanol–water partition coefficient (Wildman–Crippen LogP) is 3.64. The largest absolute Gasteiger partial charge is 0.462 e. The Morgan fingerprint density at radius 1 is 1.00 bits per heavy atom. The van der Waals surface area contributed by atoms with Crippen LogP contribution in [0.3, 0.4) is 0 Å². The van der Waals surface area contributed by atoms with Crippen molar-refractivity contribution in [2.75, 3.05) is 36.9 Å². The second-order valence-electron chi connectivity index (χ2n) is 7.18. The van der Waals surface area contributed by atoms with Crippen LogP contribution in [0.5, 0.6) is 0 Å². The highest BCUT2D eigenvalue weighted by Gasteiger charge is 2.22. The number of rotatable bonds is 11. The molecule has 2 rings (SSSR count). The van der Waals surface area contributed by atoms with Gasteiger partial charge in [0.25, 0.3) is 0 Å². The van der Waals surface area contributed by atoms with Crippen LogP contribution in [0.15, 0.2) is 47.4 Å². The number of aryl methyl sites for hydroxylation is 1. The summed E-state index contributed by atoms with van der Waals surface area (Å²) in [7, 11) is -3.62. The second-order valence-corrected chi connectivity index (χ2v) is 9.12. The van der Waals surface area contributed by atoms with E-state index in [0.29, 0.717) is 36.6 Å². The third kappa shape index (κ3) is 6.54. The second kappa shape index (κ2) is 11.6. The minimum atomic E-state index is -3.62. The summed E-state index contributed by atoms with van der Waals surface area (Å²) in [5, 5.41) is 5.75. The number of amides is 1. The van der Waals surface area contributed by atoms with E-state index in [0.717, 1.165) is 12.0 Å². The Morgan fingerprint density at radius 2 is 1.66 bits per heavy atom. The van der Waals surface area contributed by atoms with E-state index in [1.807, 2.05) is 6.92 Å². The molecular formula is C23H31N3O5S. The molecule has 174 valence electrons. The molecule has 0 aromatic heterocycles. The van der Waals surface area contributed by atoms with E-state index in [-0.39, 0.29) is 23.3 Å². The van der Waals surface area contributed by atoms with Gasteiger partial charge in [0.05, 0.1) is 23.6 Å². The van der Waals surface area contributed by atoms with Crippen molar-refractivity contribution < 1.29 is 22.7 Å². The Morgan fingerprint density at radius 3 is 2.25 bits per heavy atom. The summed E-state index contributed by atoms with van der Waals surface area (Å²) < 4.78 is 32.0. The van der Waals surface area contributed by atoms with Crippen LogP contribution in [0, 0.1) is 6.92 Å². The Bertz CT molecular complexity index is 1030. The Balaban J connectivity index is 2.02. The lowest BCUT2D eigenvalue weighted by molar-refractivity contribution is -0.114. The number of benzene rings is 2. The molecule has 0 unspecified atom stereocenters. The minimum absolute atomic E-state index is 0.0217. The Hall–Kier alpha value is -2.91. The Labute approximate surface area is 190 Å². The van der Waals surface area contributed by atoms with Crippen molar-refractivity contribution in [2.24, 2.45) is 0 Å². The quantitative estimate of drug-likeness (QED) is 0.495. The van der Waals surface area contributed by atoms with Crippen molar-refractivity contribution in [3.63, 3.8) is 0 Å². The molecule has 0 radical (unpaired) electrons. The van der Waals surface area contributed by atoms with Gasteiger partial charge in [-0.1, -0.05) is 26.8 Å². The molecule has 0 aliphatic heterocycles. The van der Waals surface area contributed by atoms with E-state index < -0.39 is 10.0 Å². The third-order valence-corrected chi connectivity index (χ3v) is 6.88. The van der Waals surface area contributed by atoms with Crippen molar-refractivity contribution in [1.82, 2.24) is 4.31 Å². The number of ether oxygens (including phenoxy) is 1. The first-order valence-corrected chi connectivity index (χ1v) is 12.1. The van der Waals surface area contributed by atoms with Crippen LogP contribution in [-0.2, 0) is 19.6 Å². The maximum atomic E-state index is 12.8. The van der Waals surface area contributed by atoms with Gasteiger partial charge in [-0.15, -0.1) is 0 Å². The first-order valence-electron chi connectivity index (χ1n) is 10.6. The predicted molar refractivity (Wildman–Crippen MR) is 125 cm³/mol. The van der Waals surface area contributed by atoms with Gasteiger partial charge in [0.1, 0.15) is 0 Å². The number of nitrogens with one attached hydrogen (secondary N) is 2. The average Bonchev–Trinajstić information content (AvgIpc) is 2.78. The molecule has 0 saturated carbocycles. The average molecular weight is 462 g/mol. The number of anilines is 2. The van der Waals surface area contributed by atoms with Gasteiger partial charge < -0.3 is 15.4 Å². The highest BCUT2D eigenvalue weighted by atomic mass is 32.2. The van der Waals surface area contributed by atoms with Gasteiger partial charge in [-0.25, -0.2) is 13.2 Å². The van der Waals surface area contributed by atoms with E-state index in [1.54, 1.807) is 57.2 Å². The number of hydrogen-bond donors (Lipinski definition) is 2. The summed E-state index contributed by atoms with van der Waals surface area (Å²) in [6.45, 7) is 8.37. The molecule has 0 saturated heterocycles.